The Balaban J connectivity index is 3.67. The SMILES string of the molecule is C=CCC(CCl)C(=O)O. The molecular formula is C6H9ClO2. The first-order chi connectivity index (χ1) is 4.22. The number of rotatable bonds is 4. The molecule has 0 saturated carbocycles. The van der Waals surface area contributed by atoms with Crippen molar-refractivity contribution < 1.29 is 9.90 Å². The Bertz CT molecular complexity index is 112. The number of hydrogen-bond donors (Lipinski definition) is 1. The van der Waals surface area contributed by atoms with Crippen LogP contribution in [0, 0.1) is 5.92 Å². The van der Waals surface area contributed by atoms with Crippen molar-refractivity contribution in [2.45, 2.75) is 6.42 Å². The molecule has 0 aliphatic carbocycles. The molecule has 2 nitrogen and oxygen atoms in total. The summed E-state index contributed by atoms with van der Waals surface area (Å²) in [7, 11) is 0. The number of carbonyl (C=O) groups is 1. The van der Waals surface area contributed by atoms with E-state index in [0.29, 0.717) is 6.42 Å². The molecule has 0 heterocycles. The Kier molecular flexibility index (Phi) is 4.14. The Morgan fingerprint density at radius 2 is 2.44 bits per heavy atom. The van der Waals surface area contributed by atoms with Crippen LogP contribution in [-0.2, 0) is 4.79 Å². The summed E-state index contributed by atoms with van der Waals surface area (Å²) in [5, 5.41) is 8.37. The highest BCUT2D eigenvalue weighted by atomic mass is 35.5. The van der Waals surface area contributed by atoms with Crippen LogP contribution in [-0.4, -0.2) is 17.0 Å². The van der Waals surface area contributed by atoms with Crippen molar-refractivity contribution >= 4 is 17.6 Å². The number of carboxylic acids is 1. The molecule has 0 aliphatic heterocycles. The van der Waals surface area contributed by atoms with E-state index >= 15 is 0 Å². The van der Waals surface area contributed by atoms with Crippen molar-refractivity contribution in [2.24, 2.45) is 5.92 Å². The van der Waals surface area contributed by atoms with Crippen molar-refractivity contribution in [2.75, 3.05) is 5.88 Å². The molecule has 3 heteroatoms. The molecule has 52 valence electrons. The van der Waals surface area contributed by atoms with Crippen LogP contribution in [0.25, 0.3) is 0 Å². The molecule has 0 fully saturated rings. The molecule has 0 spiro atoms. The van der Waals surface area contributed by atoms with Gasteiger partial charge in [-0.3, -0.25) is 4.79 Å². The largest absolute Gasteiger partial charge is 0.481 e. The molecule has 9 heavy (non-hydrogen) atoms. The Labute approximate surface area is 59.1 Å². The van der Waals surface area contributed by atoms with E-state index in [0.717, 1.165) is 0 Å². The molecule has 0 aromatic heterocycles. The van der Waals surface area contributed by atoms with Crippen LogP contribution in [0.3, 0.4) is 0 Å². The predicted molar refractivity (Wildman–Crippen MR) is 36.7 cm³/mol. The van der Waals surface area contributed by atoms with Gasteiger partial charge in [0.1, 0.15) is 0 Å². The van der Waals surface area contributed by atoms with Gasteiger partial charge in [0.15, 0.2) is 0 Å². The lowest BCUT2D eigenvalue weighted by Crippen LogP contribution is -2.13. The molecule has 1 atom stereocenters. The fourth-order valence-corrected chi connectivity index (χ4v) is 0.689. The second-order valence-corrected chi connectivity index (χ2v) is 2.02. The van der Waals surface area contributed by atoms with E-state index in [9.17, 15) is 4.79 Å². The second kappa shape index (κ2) is 4.39. The van der Waals surface area contributed by atoms with Gasteiger partial charge in [0.05, 0.1) is 5.92 Å². The summed E-state index contributed by atoms with van der Waals surface area (Å²) in [6.07, 6.45) is 2.00. The molecule has 0 saturated heterocycles. The minimum atomic E-state index is -0.857. The van der Waals surface area contributed by atoms with Crippen LogP contribution >= 0.6 is 11.6 Å². The van der Waals surface area contributed by atoms with Gasteiger partial charge in [-0.25, -0.2) is 0 Å². The highest BCUT2D eigenvalue weighted by molar-refractivity contribution is 6.19. The number of carboxylic acid groups (broad SMARTS) is 1. The highest BCUT2D eigenvalue weighted by Crippen LogP contribution is 2.05. The number of allylic oxidation sites excluding steroid dienone is 1. The van der Waals surface area contributed by atoms with E-state index in [1.165, 1.54) is 0 Å². The number of aliphatic carboxylic acids is 1. The van der Waals surface area contributed by atoms with E-state index in [1.807, 2.05) is 0 Å². The maximum atomic E-state index is 10.2. The molecule has 0 amide bonds. The van der Waals surface area contributed by atoms with Crippen LogP contribution in [0.4, 0.5) is 0 Å². The van der Waals surface area contributed by atoms with Gasteiger partial charge in [-0.05, 0) is 6.42 Å². The van der Waals surface area contributed by atoms with Crippen molar-refractivity contribution in [3.05, 3.63) is 12.7 Å². The molecule has 0 aromatic carbocycles. The first-order valence-corrected chi connectivity index (χ1v) is 3.15. The van der Waals surface area contributed by atoms with Gasteiger partial charge >= 0.3 is 5.97 Å². The zero-order valence-electron chi connectivity index (χ0n) is 5.01. The number of alkyl halides is 1. The zero-order chi connectivity index (χ0) is 7.28. The summed E-state index contributed by atoms with van der Waals surface area (Å²) in [5.74, 6) is -1.17. The number of hydrogen-bond acceptors (Lipinski definition) is 1. The molecule has 1 N–H and O–H groups in total. The maximum Gasteiger partial charge on any atom is 0.308 e. The average molecular weight is 149 g/mol. The van der Waals surface area contributed by atoms with Gasteiger partial charge in [0, 0.05) is 5.88 Å². The summed E-state index contributed by atoms with van der Waals surface area (Å²) in [4.78, 5) is 10.2. The first kappa shape index (κ1) is 8.50. The summed E-state index contributed by atoms with van der Waals surface area (Å²) >= 11 is 5.31. The molecule has 0 bridgehead atoms. The summed E-state index contributed by atoms with van der Waals surface area (Å²) in [6.45, 7) is 3.41. The minimum absolute atomic E-state index is 0.154. The second-order valence-electron chi connectivity index (χ2n) is 1.71. The van der Waals surface area contributed by atoms with Gasteiger partial charge in [-0.1, -0.05) is 6.08 Å². The minimum Gasteiger partial charge on any atom is -0.481 e. The lowest BCUT2D eigenvalue weighted by atomic mass is 10.1. The summed E-state index contributed by atoms with van der Waals surface area (Å²) in [5.41, 5.74) is 0. The van der Waals surface area contributed by atoms with Gasteiger partial charge in [-0.15, -0.1) is 18.2 Å². The molecule has 0 aliphatic rings. The van der Waals surface area contributed by atoms with Crippen LogP contribution < -0.4 is 0 Å². The zero-order valence-corrected chi connectivity index (χ0v) is 5.77. The highest BCUT2D eigenvalue weighted by Gasteiger charge is 2.12. The lowest BCUT2D eigenvalue weighted by Gasteiger charge is -2.02. The predicted octanol–water partition coefficient (Wildman–Crippen LogP) is 1.50. The van der Waals surface area contributed by atoms with Crippen LogP contribution in [0.1, 0.15) is 6.42 Å². The van der Waals surface area contributed by atoms with Crippen LogP contribution in [0.15, 0.2) is 12.7 Å². The monoisotopic (exact) mass is 148 g/mol. The Morgan fingerprint density at radius 1 is 1.89 bits per heavy atom. The van der Waals surface area contributed by atoms with E-state index in [2.05, 4.69) is 6.58 Å². The van der Waals surface area contributed by atoms with E-state index in [1.54, 1.807) is 6.08 Å². The van der Waals surface area contributed by atoms with Crippen LogP contribution in [0.5, 0.6) is 0 Å². The third-order valence-corrected chi connectivity index (χ3v) is 1.36. The molecular weight excluding hydrogens is 140 g/mol. The fraction of sp³-hybridized carbons (Fsp3) is 0.500. The van der Waals surface area contributed by atoms with Gasteiger partial charge in [-0.2, -0.15) is 0 Å². The Morgan fingerprint density at radius 3 is 2.56 bits per heavy atom. The Hall–Kier alpha value is -0.500. The van der Waals surface area contributed by atoms with E-state index in [-0.39, 0.29) is 5.88 Å². The molecule has 0 aromatic rings. The first-order valence-electron chi connectivity index (χ1n) is 2.62. The summed E-state index contributed by atoms with van der Waals surface area (Å²) < 4.78 is 0. The van der Waals surface area contributed by atoms with E-state index in [4.69, 9.17) is 16.7 Å². The molecule has 1 unspecified atom stereocenters. The van der Waals surface area contributed by atoms with Crippen molar-refractivity contribution in [1.29, 1.82) is 0 Å². The number of halogens is 1. The van der Waals surface area contributed by atoms with Crippen LogP contribution in [0.2, 0.25) is 0 Å². The van der Waals surface area contributed by atoms with Gasteiger partial charge in [0.25, 0.3) is 0 Å². The third kappa shape index (κ3) is 3.14. The standard InChI is InChI=1S/C6H9ClO2/c1-2-3-5(4-7)6(8)9/h2,5H,1,3-4H2,(H,8,9). The van der Waals surface area contributed by atoms with Gasteiger partial charge < -0.3 is 5.11 Å². The summed E-state index contributed by atoms with van der Waals surface area (Å²) in [6, 6.07) is 0. The average Bonchev–Trinajstić information content (AvgIpc) is 1.82. The maximum absolute atomic E-state index is 10.2. The quantitative estimate of drug-likeness (QED) is 0.485. The normalized spacial score (nSPS) is 12.6. The van der Waals surface area contributed by atoms with Crippen molar-refractivity contribution in [1.82, 2.24) is 0 Å². The molecule has 0 rings (SSSR count). The third-order valence-electron chi connectivity index (χ3n) is 0.987. The van der Waals surface area contributed by atoms with Gasteiger partial charge in [0.2, 0.25) is 0 Å². The van der Waals surface area contributed by atoms with Crippen molar-refractivity contribution in [3.63, 3.8) is 0 Å². The smallest absolute Gasteiger partial charge is 0.308 e. The lowest BCUT2D eigenvalue weighted by molar-refractivity contribution is -0.140. The topological polar surface area (TPSA) is 37.3 Å². The van der Waals surface area contributed by atoms with Crippen molar-refractivity contribution in [3.8, 4) is 0 Å². The van der Waals surface area contributed by atoms with E-state index < -0.39 is 11.9 Å². The molecule has 0 radical (unpaired) electrons. The fourth-order valence-electron chi connectivity index (χ4n) is 0.431.